The van der Waals surface area contributed by atoms with Gasteiger partial charge in [0.1, 0.15) is 0 Å². The number of ether oxygens (including phenoxy) is 1. The Morgan fingerprint density at radius 2 is 1.91 bits per heavy atom. The third-order valence-corrected chi connectivity index (χ3v) is 5.11. The minimum Gasteiger partial charge on any atom is -0.465 e. The molecule has 0 saturated heterocycles. The van der Waals surface area contributed by atoms with E-state index < -0.39 is 0 Å². The number of hydrogen-bond donors (Lipinski definition) is 1. The van der Waals surface area contributed by atoms with Crippen molar-refractivity contribution < 1.29 is 14.3 Å². The zero-order chi connectivity index (χ0) is 15.9. The highest BCUT2D eigenvalue weighted by Gasteiger charge is 2.20. The number of benzene rings is 1. The van der Waals surface area contributed by atoms with Gasteiger partial charge in [-0.15, -0.1) is 11.8 Å². The first-order chi connectivity index (χ1) is 10.6. The van der Waals surface area contributed by atoms with E-state index >= 15 is 0 Å². The normalized spacial score (nSPS) is 21.2. The number of carbonyl (C=O) groups is 2. The molecule has 1 aromatic carbocycles. The highest BCUT2D eigenvalue weighted by Crippen LogP contribution is 2.25. The van der Waals surface area contributed by atoms with Crippen molar-refractivity contribution in [2.45, 2.75) is 43.5 Å². The summed E-state index contributed by atoms with van der Waals surface area (Å²) < 4.78 is 4.76. The first kappa shape index (κ1) is 16.9. The van der Waals surface area contributed by atoms with Crippen LogP contribution in [0.4, 0.5) is 0 Å². The van der Waals surface area contributed by atoms with E-state index in [1.807, 2.05) is 12.1 Å². The number of nitrogens with one attached hydrogen (secondary N) is 1. The lowest BCUT2D eigenvalue weighted by atomic mass is 9.87. The Balaban J connectivity index is 1.85. The summed E-state index contributed by atoms with van der Waals surface area (Å²) in [6.45, 7) is 2.26. The summed E-state index contributed by atoms with van der Waals surface area (Å²) in [5.74, 6) is 0.753. The van der Waals surface area contributed by atoms with Crippen LogP contribution in [0.3, 0.4) is 0 Å². The largest absolute Gasteiger partial charge is 0.465 e. The Morgan fingerprint density at radius 3 is 2.59 bits per heavy atom. The maximum Gasteiger partial charge on any atom is 0.338 e. The molecular weight excluding hydrogens is 298 g/mol. The third-order valence-electron chi connectivity index (χ3n) is 4.03. The van der Waals surface area contributed by atoms with Crippen molar-refractivity contribution in [3.05, 3.63) is 29.8 Å². The van der Waals surface area contributed by atoms with Crippen LogP contribution in [-0.2, 0) is 9.53 Å². The van der Waals surface area contributed by atoms with Crippen LogP contribution in [-0.4, -0.2) is 30.8 Å². The van der Waals surface area contributed by atoms with Gasteiger partial charge in [0.05, 0.1) is 18.4 Å². The van der Waals surface area contributed by atoms with Gasteiger partial charge in [0.2, 0.25) is 5.91 Å². The van der Waals surface area contributed by atoms with E-state index in [1.54, 1.807) is 12.1 Å². The summed E-state index contributed by atoms with van der Waals surface area (Å²) >= 11 is 1.38. The van der Waals surface area contributed by atoms with Crippen molar-refractivity contribution in [1.29, 1.82) is 0 Å². The van der Waals surface area contributed by atoms with Gasteiger partial charge in [0, 0.05) is 10.9 Å². The first-order valence-corrected chi connectivity index (χ1v) is 8.68. The minimum absolute atomic E-state index is 0.0317. The Labute approximate surface area is 136 Å². The molecule has 5 heteroatoms. The molecule has 2 rings (SSSR count). The van der Waals surface area contributed by atoms with Crippen LogP contribution in [0.2, 0.25) is 0 Å². The molecule has 0 atom stereocenters. The van der Waals surface area contributed by atoms with E-state index in [1.165, 1.54) is 31.7 Å². The van der Waals surface area contributed by atoms with Crippen molar-refractivity contribution in [2.75, 3.05) is 12.9 Å². The SMILES string of the molecule is COC(=O)c1ccccc1SCC(=O)NC1CCC(C)CC1. The molecule has 0 radical (unpaired) electrons. The molecule has 0 heterocycles. The van der Waals surface area contributed by atoms with Crippen LogP contribution in [0.5, 0.6) is 0 Å². The predicted molar refractivity (Wildman–Crippen MR) is 88.1 cm³/mol. The summed E-state index contributed by atoms with van der Waals surface area (Å²) in [5, 5.41) is 3.10. The molecule has 0 aromatic heterocycles. The molecule has 0 bridgehead atoms. The predicted octanol–water partition coefficient (Wildman–Crippen LogP) is 3.26. The summed E-state index contributed by atoms with van der Waals surface area (Å²) in [5.41, 5.74) is 0.509. The second-order valence-electron chi connectivity index (χ2n) is 5.80. The lowest BCUT2D eigenvalue weighted by Gasteiger charge is -2.26. The molecule has 22 heavy (non-hydrogen) atoms. The van der Waals surface area contributed by atoms with Crippen molar-refractivity contribution in [1.82, 2.24) is 5.32 Å². The average molecular weight is 321 g/mol. The number of hydrogen-bond acceptors (Lipinski definition) is 4. The molecule has 1 amide bonds. The molecule has 4 nitrogen and oxygen atoms in total. The van der Waals surface area contributed by atoms with Crippen LogP contribution in [0, 0.1) is 5.92 Å². The van der Waals surface area contributed by atoms with Crippen molar-refractivity contribution in [2.24, 2.45) is 5.92 Å². The lowest BCUT2D eigenvalue weighted by Crippen LogP contribution is -2.38. The van der Waals surface area contributed by atoms with Crippen molar-refractivity contribution in [3.63, 3.8) is 0 Å². The Bertz CT molecular complexity index is 524. The fraction of sp³-hybridized carbons (Fsp3) is 0.529. The maximum atomic E-state index is 12.1. The fourth-order valence-corrected chi connectivity index (χ4v) is 3.54. The molecule has 1 N–H and O–H groups in total. The molecule has 0 aliphatic heterocycles. The summed E-state index contributed by atoms with van der Waals surface area (Å²) in [6, 6.07) is 7.51. The molecule has 0 unspecified atom stereocenters. The van der Waals surface area contributed by atoms with E-state index in [0.717, 1.165) is 23.7 Å². The molecular formula is C17H23NO3S. The third kappa shape index (κ3) is 4.77. The number of methoxy groups -OCH3 is 1. The quantitative estimate of drug-likeness (QED) is 0.668. The maximum absolute atomic E-state index is 12.1. The highest BCUT2D eigenvalue weighted by atomic mass is 32.2. The van der Waals surface area contributed by atoms with Gasteiger partial charge in [0.15, 0.2) is 0 Å². The molecule has 1 saturated carbocycles. The van der Waals surface area contributed by atoms with Crippen molar-refractivity contribution in [3.8, 4) is 0 Å². The van der Waals surface area contributed by atoms with Crippen LogP contribution in [0.1, 0.15) is 43.0 Å². The second-order valence-corrected chi connectivity index (χ2v) is 6.82. The smallest absolute Gasteiger partial charge is 0.338 e. The Hall–Kier alpha value is -1.49. The van der Waals surface area contributed by atoms with E-state index in [4.69, 9.17) is 4.74 Å². The van der Waals surface area contributed by atoms with Crippen LogP contribution in [0.15, 0.2) is 29.2 Å². The number of esters is 1. The molecule has 0 spiro atoms. The zero-order valence-electron chi connectivity index (χ0n) is 13.1. The number of rotatable bonds is 5. The van der Waals surface area contributed by atoms with Gasteiger partial charge in [-0.25, -0.2) is 4.79 Å². The molecule has 1 aliphatic rings. The van der Waals surface area contributed by atoms with Gasteiger partial charge in [-0.3, -0.25) is 4.79 Å². The number of amides is 1. The summed E-state index contributed by atoms with van der Waals surface area (Å²) in [7, 11) is 1.36. The fourth-order valence-electron chi connectivity index (χ4n) is 2.69. The van der Waals surface area contributed by atoms with Crippen LogP contribution >= 0.6 is 11.8 Å². The topological polar surface area (TPSA) is 55.4 Å². The minimum atomic E-state index is -0.371. The van der Waals surface area contributed by atoms with E-state index in [9.17, 15) is 9.59 Å². The molecule has 1 aliphatic carbocycles. The Morgan fingerprint density at radius 1 is 1.23 bits per heavy atom. The summed E-state index contributed by atoms with van der Waals surface area (Å²) in [6.07, 6.45) is 4.50. The van der Waals surface area contributed by atoms with E-state index in [2.05, 4.69) is 12.2 Å². The zero-order valence-corrected chi connectivity index (χ0v) is 13.9. The van der Waals surface area contributed by atoms with Gasteiger partial charge >= 0.3 is 5.97 Å². The van der Waals surface area contributed by atoms with Crippen LogP contribution < -0.4 is 5.32 Å². The van der Waals surface area contributed by atoms with Gasteiger partial charge in [-0.2, -0.15) is 0 Å². The first-order valence-electron chi connectivity index (χ1n) is 7.69. The average Bonchev–Trinajstić information content (AvgIpc) is 2.54. The van der Waals surface area contributed by atoms with Gasteiger partial charge in [-0.05, 0) is 43.7 Å². The second kappa shape index (κ2) is 8.22. The van der Waals surface area contributed by atoms with Gasteiger partial charge in [0.25, 0.3) is 0 Å². The number of carbonyl (C=O) groups excluding carboxylic acids is 2. The highest BCUT2D eigenvalue weighted by molar-refractivity contribution is 8.00. The lowest BCUT2D eigenvalue weighted by molar-refractivity contribution is -0.119. The standard InChI is InChI=1S/C17H23NO3S/c1-12-7-9-13(10-8-12)18-16(19)11-22-15-6-4-3-5-14(15)17(20)21-2/h3-6,12-13H,7-11H2,1-2H3,(H,18,19). The van der Waals surface area contributed by atoms with Gasteiger partial charge in [-0.1, -0.05) is 19.1 Å². The molecule has 1 fully saturated rings. The summed E-state index contributed by atoms with van der Waals surface area (Å²) in [4.78, 5) is 24.5. The Kier molecular flexibility index (Phi) is 6.31. The van der Waals surface area contributed by atoms with Crippen molar-refractivity contribution >= 4 is 23.6 Å². The van der Waals surface area contributed by atoms with E-state index in [-0.39, 0.29) is 11.9 Å². The number of thioether (sulfide) groups is 1. The van der Waals surface area contributed by atoms with E-state index in [0.29, 0.717) is 17.4 Å². The van der Waals surface area contributed by atoms with Crippen LogP contribution in [0.25, 0.3) is 0 Å². The molecule has 120 valence electrons. The molecule has 1 aromatic rings. The monoisotopic (exact) mass is 321 g/mol. The van der Waals surface area contributed by atoms with Gasteiger partial charge < -0.3 is 10.1 Å².